The average molecular weight is 770 g/mol. The molecule has 0 spiro atoms. The molecule has 4 aromatic carbocycles. The molecule has 0 saturated carbocycles. The van der Waals surface area contributed by atoms with Crippen LogP contribution < -0.4 is 14.5 Å². The summed E-state index contributed by atoms with van der Waals surface area (Å²) in [6.45, 7) is 20.6. The molecular weight excluding hydrogens is 738 g/mol. The van der Waals surface area contributed by atoms with E-state index in [1.807, 2.05) is 38.1 Å². The largest absolute Gasteiger partial charge is 0.510 e. The van der Waals surface area contributed by atoms with Crippen molar-refractivity contribution in [3.05, 3.63) is 126 Å². The van der Waals surface area contributed by atoms with Crippen LogP contribution in [0, 0.1) is 39.2 Å². The van der Waals surface area contributed by atoms with E-state index in [1.54, 1.807) is 6.07 Å². The van der Waals surface area contributed by atoms with Crippen LogP contribution in [0.2, 0.25) is 0 Å². The molecule has 0 aliphatic carbocycles. The molecule has 0 saturated heterocycles. The fraction of sp³-hybridized carbons (Fsp3) is 0.184. The molecular formula is C38H32N5OPt-3. The number of aryl methyl sites for hydroxylation is 2. The number of rotatable bonds is 4. The number of aromatic nitrogens is 2. The predicted molar refractivity (Wildman–Crippen MR) is 178 cm³/mol. The normalized spacial score (nSPS) is 12.7. The van der Waals surface area contributed by atoms with E-state index in [0.29, 0.717) is 17.2 Å². The first-order valence-electron chi connectivity index (χ1n) is 14.6. The van der Waals surface area contributed by atoms with Gasteiger partial charge in [-0.25, -0.2) is 4.98 Å². The van der Waals surface area contributed by atoms with Gasteiger partial charge in [0.25, 0.3) is 0 Å². The van der Waals surface area contributed by atoms with E-state index in [1.165, 1.54) is 16.7 Å². The van der Waals surface area contributed by atoms with Gasteiger partial charge in [0, 0.05) is 55.7 Å². The average Bonchev–Trinajstić information content (AvgIpc) is 3.50. The first-order valence-corrected chi connectivity index (χ1v) is 14.6. The molecule has 3 heterocycles. The minimum Gasteiger partial charge on any atom is -0.510 e. The number of pyridine rings is 1. The summed E-state index contributed by atoms with van der Waals surface area (Å²) in [7, 11) is 2.03. The van der Waals surface area contributed by atoms with E-state index in [-0.39, 0.29) is 26.5 Å². The summed E-state index contributed by atoms with van der Waals surface area (Å²) >= 11 is 0. The Bertz CT molecular complexity index is 2140. The van der Waals surface area contributed by atoms with Crippen LogP contribution in [0.25, 0.3) is 32.5 Å². The van der Waals surface area contributed by atoms with E-state index in [9.17, 15) is 0 Å². The number of ether oxygens (including phenoxy) is 1. The molecule has 0 atom stereocenters. The van der Waals surface area contributed by atoms with E-state index in [0.717, 1.165) is 44.7 Å². The van der Waals surface area contributed by atoms with E-state index < -0.39 is 0 Å². The maximum atomic E-state index is 7.79. The first kappa shape index (κ1) is 30.4. The van der Waals surface area contributed by atoms with Crippen LogP contribution in [0.5, 0.6) is 11.5 Å². The van der Waals surface area contributed by atoms with Crippen LogP contribution in [0.3, 0.4) is 0 Å². The van der Waals surface area contributed by atoms with Crippen molar-refractivity contribution in [1.29, 1.82) is 0 Å². The Labute approximate surface area is 279 Å². The van der Waals surface area contributed by atoms with Gasteiger partial charge in [-0.15, -0.1) is 41.4 Å². The van der Waals surface area contributed by atoms with Crippen molar-refractivity contribution in [1.82, 2.24) is 9.55 Å². The third-order valence-corrected chi connectivity index (χ3v) is 8.34. The van der Waals surface area contributed by atoms with Crippen molar-refractivity contribution in [2.24, 2.45) is 0 Å². The van der Waals surface area contributed by atoms with Gasteiger partial charge < -0.3 is 19.1 Å². The van der Waals surface area contributed by atoms with Crippen LogP contribution >= 0.6 is 0 Å². The summed E-state index contributed by atoms with van der Waals surface area (Å²) in [5, 5.41) is 2.18. The Morgan fingerprint density at radius 2 is 1.62 bits per heavy atom. The van der Waals surface area contributed by atoms with Crippen LogP contribution in [0.4, 0.5) is 22.7 Å². The van der Waals surface area contributed by atoms with Gasteiger partial charge in [-0.1, -0.05) is 44.5 Å². The number of para-hydroxylation sites is 1. The van der Waals surface area contributed by atoms with Gasteiger partial charge in [0.1, 0.15) is 5.82 Å². The second-order valence-electron chi connectivity index (χ2n) is 12.4. The smallest absolute Gasteiger partial charge is 0.135 e. The Morgan fingerprint density at radius 1 is 0.867 bits per heavy atom. The van der Waals surface area contributed by atoms with Crippen molar-refractivity contribution in [3.63, 3.8) is 0 Å². The molecule has 7 rings (SSSR count). The standard InChI is InChI=1S/C38H32N5O.Pt/c1-24-16-35-36(17-25(24)2)42(23-41(35)7)28-19-27(39-6)20-30(21-28)44-29-12-13-32-31-10-8-9-11-33(31)43(34(32)22-29)37-18-26(14-15-40-37)38(3,4)5;/h8-20,23H,1-5,7H3;/q-3;. The van der Waals surface area contributed by atoms with E-state index >= 15 is 0 Å². The minimum absolute atomic E-state index is 0. The van der Waals surface area contributed by atoms with Crippen LogP contribution in [0.15, 0.2) is 79.0 Å². The third kappa shape index (κ3) is 5.36. The fourth-order valence-corrected chi connectivity index (χ4v) is 5.81. The summed E-state index contributed by atoms with van der Waals surface area (Å²) in [5.74, 6) is 1.82. The van der Waals surface area contributed by atoms with Crippen LogP contribution in [-0.4, -0.2) is 16.6 Å². The quantitative estimate of drug-likeness (QED) is 0.168. The van der Waals surface area contributed by atoms with Gasteiger partial charge in [0.2, 0.25) is 0 Å². The third-order valence-electron chi connectivity index (χ3n) is 8.34. The molecule has 6 nitrogen and oxygen atoms in total. The van der Waals surface area contributed by atoms with Crippen molar-refractivity contribution in [2.45, 2.75) is 40.0 Å². The molecule has 0 unspecified atom stereocenters. The van der Waals surface area contributed by atoms with Crippen molar-refractivity contribution >= 4 is 44.6 Å². The molecule has 7 heteroatoms. The summed E-state index contributed by atoms with van der Waals surface area (Å²) in [6, 6.07) is 31.4. The van der Waals surface area contributed by atoms with Gasteiger partial charge in [-0.3, -0.25) is 4.85 Å². The molecule has 228 valence electrons. The Balaban J connectivity index is 0.00000357. The molecule has 45 heavy (non-hydrogen) atoms. The number of hydrogen-bond donors (Lipinski definition) is 0. The molecule has 0 amide bonds. The number of hydrogen-bond acceptors (Lipinski definition) is 4. The zero-order valence-corrected chi connectivity index (χ0v) is 28.3. The molecule has 2 aromatic heterocycles. The summed E-state index contributed by atoms with van der Waals surface area (Å²) in [5.41, 5.74) is 8.91. The summed E-state index contributed by atoms with van der Waals surface area (Å²) < 4.78 is 8.56. The van der Waals surface area contributed by atoms with E-state index in [4.69, 9.17) is 16.3 Å². The number of benzene rings is 4. The number of anilines is 3. The summed E-state index contributed by atoms with van der Waals surface area (Å²) in [6.07, 6.45) is 1.87. The molecule has 0 N–H and O–H groups in total. The van der Waals surface area contributed by atoms with Gasteiger partial charge in [0.05, 0.1) is 12.3 Å². The van der Waals surface area contributed by atoms with E-state index in [2.05, 4.69) is 114 Å². The van der Waals surface area contributed by atoms with Gasteiger partial charge in [-0.2, -0.15) is 12.7 Å². The fourth-order valence-electron chi connectivity index (χ4n) is 5.81. The minimum atomic E-state index is -0.0183. The second-order valence-corrected chi connectivity index (χ2v) is 12.4. The Morgan fingerprint density at radius 3 is 2.38 bits per heavy atom. The Hall–Kier alpha value is -4.59. The van der Waals surface area contributed by atoms with Gasteiger partial charge in [0.15, 0.2) is 0 Å². The summed E-state index contributed by atoms with van der Waals surface area (Å²) in [4.78, 5) is 12.7. The zero-order valence-electron chi connectivity index (χ0n) is 26.0. The van der Waals surface area contributed by atoms with Crippen LogP contribution in [-0.2, 0) is 26.5 Å². The maximum absolute atomic E-state index is 7.79. The van der Waals surface area contributed by atoms with Crippen molar-refractivity contribution in [2.75, 3.05) is 16.8 Å². The zero-order chi connectivity index (χ0) is 30.7. The molecule has 6 aromatic rings. The molecule has 0 bridgehead atoms. The van der Waals surface area contributed by atoms with Crippen molar-refractivity contribution < 1.29 is 25.8 Å². The second kappa shape index (κ2) is 11.4. The molecule has 1 aliphatic heterocycles. The SMILES string of the molecule is [C-]#[N+]c1cc(Oc2[c-]c3c(cc2)c2ccccc2n3-c2cc(C(C)(C)C)ccn2)[c-]c(N2[CH-]N(C)c3cc(C)c(C)cc32)c1.[Pt]. The van der Waals surface area contributed by atoms with Gasteiger partial charge in [-0.05, 0) is 78.7 Å². The maximum Gasteiger partial charge on any atom is 0.135 e. The molecule has 0 radical (unpaired) electrons. The van der Waals surface area contributed by atoms with Gasteiger partial charge >= 0.3 is 0 Å². The number of nitrogens with zero attached hydrogens (tertiary/aromatic N) is 5. The molecule has 0 fully saturated rings. The molecule has 1 aliphatic rings. The first-order chi connectivity index (χ1) is 21.1. The number of fused-ring (bicyclic) bond motifs is 4. The predicted octanol–water partition coefficient (Wildman–Crippen LogP) is 9.74. The monoisotopic (exact) mass is 769 g/mol. The topological polar surface area (TPSA) is 37.9 Å². The van der Waals surface area contributed by atoms with Crippen LogP contribution in [0.1, 0.15) is 37.5 Å². The van der Waals surface area contributed by atoms with Crippen molar-refractivity contribution in [3.8, 4) is 17.3 Å². The Kier molecular flexibility index (Phi) is 7.71.